The first-order valence-corrected chi connectivity index (χ1v) is 14.3. The van der Waals surface area contributed by atoms with E-state index in [1.807, 2.05) is 60.3 Å². The van der Waals surface area contributed by atoms with Gasteiger partial charge in [-0.05, 0) is 42.0 Å². The fourth-order valence-electron chi connectivity index (χ4n) is 4.88. The molecule has 3 aromatic rings. The number of methoxy groups -OCH3 is 1. The molecule has 0 saturated carbocycles. The van der Waals surface area contributed by atoms with Gasteiger partial charge in [0.15, 0.2) is 0 Å². The van der Waals surface area contributed by atoms with Crippen molar-refractivity contribution in [1.29, 1.82) is 0 Å². The second kappa shape index (κ2) is 9.84. The number of hydrogen-bond donors (Lipinski definition) is 0. The molecule has 3 aromatic carbocycles. The fraction of sp³-hybridized carbons (Fsp3) is 0.308. The lowest BCUT2D eigenvalue weighted by molar-refractivity contribution is 0.273. The summed E-state index contributed by atoms with van der Waals surface area (Å²) in [6.07, 6.45) is 0. The van der Waals surface area contributed by atoms with Gasteiger partial charge in [0.1, 0.15) is 11.5 Å². The second-order valence-electron chi connectivity index (χ2n) is 8.30. The summed E-state index contributed by atoms with van der Waals surface area (Å²) in [7, 11) is -1.43. The van der Waals surface area contributed by atoms with Crippen LogP contribution < -0.4 is 14.1 Å². The van der Waals surface area contributed by atoms with Gasteiger partial charge in [0, 0.05) is 49.1 Å². The van der Waals surface area contributed by atoms with Crippen LogP contribution in [0.4, 0.5) is 11.4 Å². The van der Waals surface area contributed by atoms with E-state index in [-0.39, 0.29) is 5.78 Å². The summed E-state index contributed by atoms with van der Waals surface area (Å²) < 4.78 is 25.4. The van der Waals surface area contributed by atoms with Gasteiger partial charge in [0.05, 0.1) is 7.11 Å². The number of thioether (sulfide) groups is 1. The minimum Gasteiger partial charge on any atom is -0.497 e. The molecule has 2 saturated heterocycles. The van der Waals surface area contributed by atoms with E-state index in [1.165, 1.54) is 0 Å². The number of para-hydroxylation sites is 2. The van der Waals surface area contributed by atoms with Crippen molar-refractivity contribution in [3.8, 4) is 5.75 Å². The van der Waals surface area contributed by atoms with E-state index < -0.39 is 7.44 Å². The molecule has 2 heterocycles. The van der Waals surface area contributed by atoms with Crippen molar-refractivity contribution in [3.63, 3.8) is 0 Å². The highest BCUT2D eigenvalue weighted by atomic mass is 32.2. The Morgan fingerprint density at radius 2 is 1.27 bits per heavy atom. The highest BCUT2D eigenvalue weighted by Gasteiger charge is 2.52. The first-order chi connectivity index (χ1) is 16.2. The Morgan fingerprint density at radius 3 is 1.76 bits per heavy atom. The van der Waals surface area contributed by atoms with Gasteiger partial charge >= 0.3 is 0 Å². The zero-order chi connectivity index (χ0) is 22.7. The number of hydrogen-bond acceptors (Lipinski definition) is 4. The van der Waals surface area contributed by atoms with Crippen LogP contribution in [0.1, 0.15) is 11.3 Å². The predicted molar refractivity (Wildman–Crippen MR) is 140 cm³/mol. The third kappa shape index (κ3) is 4.28. The maximum Gasteiger partial charge on any atom is 0.284 e. The molecule has 2 aliphatic rings. The van der Waals surface area contributed by atoms with Crippen molar-refractivity contribution in [2.24, 2.45) is 0 Å². The number of nitrogens with zero attached hydrogens (tertiary/aromatic N) is 3. The van der Waals surface area contributed by atoms with E-state index in [4.69, 9.17) is 4.74 Å². The summed E-state index contributed by atoms with van der Waals surface area (Å²) in [4.78, 5) is 2.44. The van der Waals surface area contributed by atoms with Crippen LogP contribution in [0.15, 0.2) is 84.9 Å². The van der Waals surface area contributed by atoms with E-state index >= 15 is 4.57 Å². The first kappa shape index (κ1) is 22.4. The molecule has 7 heteroatoms. The van der Waals surface area contributed by atoms with Gasteiger partial charge in [-0.3, -0.25) is 9.46 Å². The van der Waals surface area contributed by atoms with Crippen molar-refractivity contribution >= 4 is 30.6 Å². The van der Waals surface area contributed by atoms with Gasteiger partial charge in [-0.25, -0.2) is 0 Å². The minimum absolute atomic E-state index is 0.229. The first-order valence-electron chi connectivity index (χ1n) is 11.4. The lowest BCUT2D eigenvalue weighted by Gasteiger charge is -2.44. The molecule has 5 rings (SSSR count). The van der Waals surface area contributed by atoms with Crippen LogP contribution in [-0.2, 0) is 4.57 Å². The Kier molecular flexibility index (Phi) is 6.68. The molecule has 5 nitrogen and oxygen atoms in total. The Labute approximate surface area is 200 Å². The Morgan fingerprint density at radius 1 is 0.758 bits per heavy atom. The largest absolute Gasteiger partial charge is 0.497 e. The zero-order valence-electron chi connectivity index (χ0n) is 18.9. The van der Waals surface area contributed by atoms with Crippen molar-refractivity contribution in [2.45, 2.75) is 5.78 Å². The number of ether oxygens (including phenoxy) is 1. The molecule has 2 fully saturated rings. The van der Waals surface area contributed by atoms with Gasteiger partial charge in [-0.15, -0.1) is 0 Å². The van der Waals surface area contributed by atoms with Crippen LogP contribution in [0.2, 0.25) is 0 Å². The zero-order valence-corrected chi connectivity index (χ0v) is 20.6. The van der Waals surface area contributed by atoms with E-state index in [2.05, 4.69) is 50.6 Å². The average Bonchev–Trinajstić information content (AvgIpc) is 3.23. The minimum atomic E-state index is -3.12. The fourth-order valence-corrected chi connectivity index (χ4v) is 9.49. The van der Waals surface area contributed by atoms with Crippen LogP contribution in [0.5, 0.6) is 5.75 Å². The average molecular weight is 480 g/mol. The SMILES string of the molecule is COc1ccc(C(N2CCSCC2)P2(=O)N(c3ccccc3)CCN2c2ccccc2)cc1. The molecule has 0 radical (unpaired) electrons. The Hall–Kier alpha value is -2.40. The molecule has 1 unspecified atom stereocenters. The lowest BCUT2D eigenvalue weighted by Crippen LogP contribution is -2.40. The van der Waals surface area contributed by atoms with Crippen molar-refractivity contribution in [1.82, 2.24) is 4.90 Å². The number of rotatable bonds is 6. The van der Waals surface area contributed by atoms with Gasteiger partial charge in [0.2, 0.25) is 0 Å². The topological polar surface area (TPSA) is 36.0 Å². The Balaban J connectivity index is 1.67. The van der Waals surface area contributed by atoms with Gasteiger partial charge in [0.25, 0.3) is 7.44 Å². The Bertz CT molecular complexity index is 1040. The monoisotopic (exact) mass is 479 g/mol. The molecule has 0 N–H and O–H groups in total. The van der Waals surface area contributed by atoms with E-state index in [9.17, 15) is 0 Å². The number of anilines is 2. The van der Waals surface area contributed by atoms with E-state index in [1.54, 1.807) is 7.11 Å². The molecule has 1 atom stereocenters. The lowest BCUT2D eigenvalue weighted by atomic mass is 10.2. The molecule has 172 valence electrons. The molecule has 2 aliphatic heterocycles. The van der Waals surface area contributed by atoms with Crippen LogP contribution in [0.25, 0.3) is 0 Å². The summed E-state index contributed by atoms with van der Waals surface area (Å²) in [6.45, 7) is 3.31. The van der Waals surface area contributed by atoms with Crippen LogP contribution in [0.3, 0.4) is 0 Å². The highest BCUT2D eigenvalue weighted by molar-refractivity contribution is 7.99. The molecule has 0 spiro atoms. The molecule has 0 aliphatic carbocycles. The third-order valence-electron chi connectivity index (χ3n) is 6.45. The molecule has 0 bridgehead atoms. The summed E-state index contributed by atoms with van der Waals surface area (Å²) in [5.41, 5.74) is 3.11. The van der Waals surface area contributed by atoms with Crippen molar-refractivity contribution in [2.75, 3.05) is 54.1 Å². The second-order valence-corrected chi connectivity index (χ2v) is 12.2. The predicted octanol–water partition coefficient (Wildman–Crippen LogP) is 5.96. The smallest absolute Gasteiger partial charge is 0.284 e. The molecule has 0 amide bonds. The molecule has 33 heavy (non-hydrogen) atoms. The normalized spacial score (nSPS) is 19.4. The highest BCUT2D eigenvalue weighted by Crippen LogP contribution is 2.69. The summed E-state index contributed by atoms with van der Waals surface area (Å²) in [6, 6.07) is 28.7. The summed E-state index contributed by atoms with van der Waals surface area (Å²) in [5, 5.41) is 0. The van der Waals surface area contributed by atoms with Crippen LogP contribution in [0, 0.1) is 0 Å². The molecule has 0 aromatic heterocycles. The number of benzene rings is 3. The van der Waals surface area contributed by atoms with Crippen molar-refractivity contribution in [3.05, 3.63) is 90.5 Å². The standard InChI is InChI=1S/C26H30N3O2PS/c1-31-25-14-12-22(13-15-25)26(27-18-20-33-21-19-27)32(30)28(23-8-4-2-5-9-23)16-17-29(32)24-10-6-3-7-11-24/h2-15,26H,16-21H2,1H3. The van der Waals surface area contributed by atoms with E-state index in [0.717, 1.165) is 60.4 Å². The van der Waals surface area contributed by atoms with E-state index in [0.29, 0.717) is 0 Å². The summed E-state index contributed by atoms with van der Waals surface area (Å²) in [5.74, 6) is 2.70. The summed E-state index contributed by atoms with van der Waals surface area (Å²) >= 11 is 1.97. The molecular formula is C26H30N3O2PS. The quantitative estimate of drug-likeness (QED) is 0.406. The molecular weight excluding hydrogens is 449 g/mol. The van der Waals surface area contributed by atoms with Gasteiger partial charge in [-0.2, -0.15) is 11.8 Å². The van der Waals surface area contributed by atoms with Gasteiger partial charge in [-0.1, -0.05) is 48.5 Å². The van der Waals surface area contributed by atoms with Crippen molar-refractivity contribution < 1.29 is 9.30 Å². The maximum absolute atomic E-state index is 15.6. The van der Waals surface area contributed by atoms with Gasteiger partial charge < -0.3 is 14.1 Å². The van der Waals surface area contributed by atoms with Crippen LogP contribution >= 0.6 is 19.2 Å². The maximum atomic E-state index is 15.6. The third-order valence-corrected chi connectivity index (χ3v) is 10.9. The van der Waals surface area contributed by atoms with Crippen LogP contribution in [-0.4, -0.2) is 49.7 Å².